The number of hydrogen-bond acceptors (Lipinski definition) is 4. The summed E-state index contributed by atoms with van der Waals surface area (Å²) in [6, 6.07) is 10.5. The smallest absolute Gasteiger partial charge is 0.315 e. The highest BCUT2D eigenvalue weighted by atomic mass is 16.2. The van der Waals surface area contributed by atoms with E-state index in [4.69, 9.17) is 6.42 Å². The highest BCUT2D eigenvalue weighted by Crippen LogP contribution is 2.17. The van der Waals surface area contributed by atoms with Crippen LogP contribution in [0.3, 0.4) is 0 Å². The van der Waals surface area contributed by atoms with Crippen molar-refractivity contribution in [2.75, 3.05) is 29.9 Å². The lowest BCUT2D eigenvalue weighted by molar-refractivity contribution is -0.115. The first-order valence-corrected chi connectivity index (χ1v) is 9.22. The Labute approximate surface area is 164 Å². The van der Waals surface area contributed by atoms with Crippen LogP contribution < -0.4 is 20.9 Å². The fourth-order valence-electron chi connectivity index (χ4n) is 2.95. The summed E-state index contributed by atoms with van der Waals surface area (Å²) in [6.07, 6.45) is 9.50. The molecule has 1 aromatic heterocycles. The molecular weight excluding hydrogens is 354 g/mol. The van der Waals surface area contributed by atoms with E-state index in [1.54, 1.807) is 30.5 Å². The number of nitrogens with zero attached hydrogens (tertiary/aromatic N) is 2. The lowest BCUT2D eigenvalue weighted by Gasteiger charge is -2.16. The third-order valence-electron chi connectivity index (χ3n) is 4.41. The Morgan fingerprint density at radius 1 is 1.14 bits per heavy atom. The number of nitrogens with one attached hydrogen (secondary N) is 3. The largest absolute Gasteiger partial charge is 0.357 e. The highest BCUT2D eigenvalue weighted by molar-refractivity contribution is 5.94. The minimum atomic E-state index is -0.420. The van der Waals surface area contributed by atoms with Gasteiger partial charge in [-0.25, -0.2) is 9.78 Å². The van der Waals surface area contributed by atoms with Gasteiger partial charge in [0, 0.05) is 37.1 Å². The lowest BCUT2D eigenvalue weighted by atomic mass is 10.2. The van der Waals surface area contributed by atoms with Crippen molar-refractivity contribution >= 4 is 23.4 Å². The molecule has 7 nitrogen and oxygen atoms in total. The summed E-state index contributed by atoms with van der Waals surface area (Å²) in [5.41, 5.74) is 2.16. The number of anilines is 2. The summed E-state index contributed by atoms with van der Waals surface area (Å²) in [7, 11) is 0. The quantitative estimate of drug-likeness (QED) is 0.673. The molecule has 28 heavy (non-hydrogen) atoms. The Morgan fingerprint density at radius 3 is 2.68 bits per heavy atom. The Kier molecular flexibility index (Phi) is 6.47. The van der Waals surface area contributed by atoms with E-state index in [0.717, 1.165) is 24.5 Å². The van der Waals surface area contributed by atoms with Gasteiger partial charge in [0.2, 0.25) is 5.91 Å². The first-order chi connectivity index (χ1) is 13.6. The van der Waals surface area contributed by atoms with Crippen molar-refractivity contribution < 1.29 is 9.59 Å². The molecule has 0 atom stereocenters. The Bertz CT molecular complexity index is 867. The van der Waals surface area contributed by atoms with E-state index in [0.29, 0.717) is 17.8 Å². The summed E-state index contributed by atoms with van der Waals surface area (Å²) in [4.78, 5) is 30.5. The van der Waals surface area contributed by atoms with Crippen LogP contribution in [0.25, 0.3) is 0 Å². The Morgan fingerprint density at radius 2 is 1.96 bits per heavy atom. The topological polar surface area (TPSA) is 86.4 Å². The molecule has 0 unspecified atom stereocenters. The maximum atomic E-state index is 11.9. The molecular formula is C21H23N5O2. The van der Waals surface area contributed by atoms with Gasteiger partial charge < -0.3 is 20.9 Å². The second-order valence-electron chi connectivity index (χ2n) is 6.53. The first kappa shape index (κ1) is 19.2. The van der Waals surface area contributed by atoms with E-state index >= 15 is 0 Å². The molecule has 0 spiro atoms. The van der Waals surface area contributed by atoms with Crippen molar-refractivity contribution in [3.63, 3.8) is 0 Å². The van der Waals surface area contributed by atoms with Gasteiger partial charge in [-0.15, -0.1) is 6.42 Å². The van der Waals surface area contributed by atoms with Crippen molar-refractivity contribution in [2.24, 2.45) is 0 Å². The van der Waals surface area contributed by atoms with Crippen LogP contribution in [0.2, 0.25) is 0 Å². The molecule has 0 saturated carbocycles. The molecule has 1 aliphatic rings. The number of terminal acetylenes is 1. The lowest BCUT2D eigenvalue weighted by Crippen LogP contribution is -2.39. The van der Waals surface area contributed by atoms with Crippen LogP contribution in [0.4, 0.5) is 16.3 Å². The average molecular weight is 377 g/mol. The number of carbonyl (C=O) groups excluding carboxylic acids is 2. The molecule has 0 bridgehead atoms. The molecule has 1 aromatic carbocycles. The van der Waals surface area contributed by atoms with Gasteiger partial charge >= 0.3 is 6.03 Å². The van der Waals surface area contributed by atoms with Crippen LogP contribution in [0.5, 0.6) is 0 Å². The van der Waals surface area contributed by atoms with Crippen molar-refractivity contribution in [2.45, 2.75) is 19.4 Å². The van der Waals surface area contributed by atoms with Crippen molar-refractivity contribution in [3.05, 3.63) is 53.7 Å². The number of urea groups is 1. The molecule has 1 saturated heterocycles. The summed E-state index contributed by atoms with van der Waals surface area (Å²) >= 11 is 0. The minimum absolute atomic E-state index is 0.141. The van der Waals surface area contributed by atoms with Crippen LogP contribution in [0.1, 0.15) is 24.0 Å². The van der Waals surface area contributed by atoms with Crippen LogP contribution in [-0.4, -0.2) is 36.6 Å². The van der Waals surface area contributed by atoms with E-state index < -0.39 is 6.03 Å². The van der Waals surface area contributed by atoms with Gasteiger partial charge in [0.05, 0.1) is 6.54 Å². The normalized spacial score (nSPS) is 12.9. The summed E-state index contributed by atoms with van der Waals surface area (Å²) in [5, 5.41) is 7.93. The number of aromatic nitrogens is 1. The summed E-state index contributed by atoms with van der Waals surface area (Å²) < 4.78 is 0. The first-order valence-electron chi connectivity index (χ1n) is 9.22. The van der Waals surface area contributed by atoms with E-state index in [2.05, 4.69) is 31.8 Å². The molecule has 3 N–H and O–H groups in total. The maximum absolute atomic E-state index is 11.9. The molecule has 2 aromatic rings. The average Bonchev–Trinajstić information content (AvgIpc) is 3.26. The molecule has 3 rings (SSSR count). The van der Waals surface area contributed by atoms with Crippen LogP contribution >= 0.6 is 0 Å². The van der Waals surface area contributed by atoms with Crippen LogP contribution in [0.15, 0.2) is 42.6 Å². The molecule has 1 fully saturated rings. The second kappa shape index (κ2) is 9.42. The number of hydrogen-bond donors (Lipinski definition) is 3. The minimum Gasteiger partial charge on any atom is -0.357 e. The monoisotopic (exact) mass is 377 g/mol. The zero-order chi connectivity index (χ0) is 19.8. The molecule has 1 aliphatic heterocycles. The van der Waals surface area contributed by atoms with Gasteiger partial charge in [-0.2, -0.15) is 0 Å². The predicted octanol–water partition coefficient (Wildman–Crippen LogP) is 2.10. The van der Waals surface area contributed by atoms with Crippen LogP contribution in [-0.2, 0) is 11.3 Å². The predicted molar refractivity (Wildman–Crippen MR) is 109 cm³/mol. The van der Waals surface area contributed by atoms with Crippen molar-refractivity contribution in [1.29, 1.82) is 0 Å². The zero-order valence-corrected chi connectivity index (χ0v) is 15.6. The SMILES string of the molecule is C#Cc1cccc(NC(=O)CNC(=O)NCc2ccc(N3CCCC3)nc2)c1. The molecule has 144 valence electrons. The van der Waals surface area contributed by atoms with E-state index in [1.165, 1.54) is 12.8 Å². The van der Waals surface area contributed by atoms with E-state index in [9.17, 15) is 9.59 Å². The van der Waals surface area contributed by atoms with E-state index in [-0.39, 0.29) is 12.5 Å². The standard InChI is InChI=1S/C21H23N5O2/c1-2-16-6-5-7-18(12-16)25-20(27)15-24-21(28)23-14-17-8-9-19(22-13-17)26-10-3-4-11-26/h1,5-9,12-13H,3-4,10-11,14-15H2,(H,25,27)(H2,23,24,28). The number of pyridine rings is 1. The van der Waals surface area contributed by atoms with Gasteiger partial charge in [-0.05, 0) is 42.7 Å². The molecule has 2 heterocycles. The Balaban J connectivity index is 1.39. The van der Waals surface area contributed by atoms with Crippen LogP contribution in [0, 0.1) is 12.3 Å². The second-order valence-corrected chi connectivity index (χ2v) is 6.53. The summed E-state index contributed by atoms with van der Waals surface area (Å²) in [5.74, 6) is 3.14. The van der Waals surface area contributed by atoms with Gasteiger partial charge in [0.1, 0.15) is 5.82 Å². The van der Waals surface area contributed by atoms with Gasteiger partial charge in [0.15, 0.2) is 0 Å². The third-order valence-corrected chi connectivity index (χ3v) is 4.41. The molecule has 3 amide bonds. The number of carbonyl (C=O) groups is 2. The highest BCUT2D eigenvalue weighted by Gasteiger charge is 2.13. The fourth-order valence-corrected chi connectivity index (χ4v) is 2.95. The number of benzene rings is 1. The fraction of sp³-hybridized carbons (Fsp3) is 0.286. The molecule has 0 radical (unpaired) electrons. The summed E-state index contributed by atoms with van der Waals surface area (Å²) in [6.45, 7) is 2.29. The van der Waals surface area contributed by atoms with E-state index in [1.807, 2.05) is 12.1 Å². The maximum Gasteiger partial charge on any atom is 0.315 e. The van der Waals surface area contributed by atoms with Gasteiger partial charge in [-0.1, -0.05) is 18.1 Å². The zero-order valence-electron chi connectivity index (χ0n) is 15.6. The van der Waals surface area contributed by atoms with Crippen molar-refractivity contribution in [1.82, 2.24) is 15.6 Å². The Hall–Kier alpha value is -3.53. The molecule has 0 aliphatic carbocycles. The van der Waals surface area contributed by atoms with Gasteiger partial charge in [-0.3, -0.25) is 4.79 Å². The van der Waals surface area contributed by atoms with Crippen molar-refractivity contribution in [3.8, 4) is 12.3 Å². The number of amides is 3. The van der Waals surface area contributed by atoms with Gasteiger partial charge in [0.25, 0.3) is 0 Å². The molecule has 7 heteroatoms. The number of rotatable bonds is 6. The third kappa shape index (κ3) is 5.48.